The van der Waals surface area contributed by atoms with Gasteiger partial charge in [-0.25, -0.2) is 0 Å². The van der Waals surface area contributed by atoms with Crippen molar-refractivity contribution in [2.45, 2.75) is 19.9 Å². The molecule has 0 bridgehead atoms. The third-order valence-corrected chi connectivity index (χ3v) is 3.33. The number of esters is 1. The van der Waals surface area contributed by atoms with E-state index in [9.17, 15) is 9.59 Å². The number of amides is 1. The normalized spacial score (nSPS) is 18.6. The molecule has 1 aromatic heterocycles. The van der Waals surface area contributed by atoms with Crippen LogP contribution in [0.5, 0.6) is 0 Å². The molecule has 19 heavy (non-hydrogen) atoms. The number of nitrogens with zero attached hydrogens (tertiary/aromatic N) is 3. The fourth-order valence-corrected chi connectivity index (χ4v) is 2.22. The Bertz CT molecular complexity index is 497. The van der Waals surface area contributed by atoms with Crippen molar-refractivity contribution in [3.05, 3.63) is 11.9 Å². The van der Waals surface area contributed by atoms with Crippen LogP contribution in [0.3, 0.4) is 0 Å². The summed E-state index contributed by atoms with van der Waals surface area (Å²) < 4.78 is 6.31. The van der Waals surface area contributed by atoms with Gasteiger partial charge in [0.15, 0.2) is 5.69 Å². The lowest BCUT2D eigenvalue weighted by molar-refractivity contribution is -0.144. The van der Waals surface area contributed by atoms with Gasteiger partial charge in [-0.1, -0.05) is 0 Å². The number of rotatable bonds is 3. The molecule has 1 amide bonds. The first-order valence-corrected chi connectivity index (χ1v) is 6.26. The molecule has 7 nitrogen and oxygen atoms in total. The predicted octanol–water partition coefficient (Wildman–Crippen LogP) is 0.120. The number of aromatic nitrogens is 2. The van der Waals surface area contributed by atoms with Crippen molar-refractivity contribution in [3.8, 4) is 0 Å². The number of carbonyl (C=O) groups excluding carboxylic acids is 2. The molecule has 1 unspecified atom stereocenters. The molecular weight excluding hydrogens is 248 g/mol. The molecule has 0 aliphatic carbocycles. The number of carbonyl (C=O) groups is 2. The van der Waals surface area contributed by atoms with Crippen LogP contribution in [0.15, 0.2) is 6.20 Å². The molecule has 0 radical (unpaired) electrons. The second-order valence-corrected chi connectivity index (χ2v) is 4.55. The molecule has 1 aromatic rings. The molecule has 1 fully saturated rings. The first-order valence-electron chi connectivity index (χ1n) is 6.26. The number of nitrogens with two attached hydrogens (primary N) is 1. The van der Waals surface area contributed by atoms with Gasteiger partial charge in [-0.05, 0) is 13.3 Å². The maximum Gasteiger partial charge on any atom is 0.310 e. The Labute approximate surface area is 111 Å². The van der Waals surface area contributed by atoms with Crippen LogP contribution in [-0.4, -0.2) is 46.8 Å². The van der Waals surface area contributed by atoms with E-state index in [2.05, 4.69) is 5.10 Å². The number of methoxy groups -OCH3 is 1. The van der Waals surface area contributed by atoms with Crippen LogP contribution in [-0.2, 0) is 16.1 Å². The van der Waals surface area contributed by atoms with Crippen LogP contribution >= 0.6 is 0 Å². The van der Waals surface area contributed by atoms with Crippen LogP contribution in [0.1, 0.15) is 23.8 Å². The predicted molar refractivity (Wildman–Crippen MR) is 68.3 cm³/mol. The fourth-order valence-electron chi connectivity index (χ4n) is 2.22. The molecule has 2 rings (SSSR count). The van der Waals surface area contributed by atoms with Crippen LogP contribution in [0.4, 0.5) is 5.69 Å². The molecule has 1 aliphatic heterocycles. The molecule has 0 spiro atoms. The summed E-state index contributed by atoms with van der Waals surface area (Å²) in [6, 6.07) is 0. The SMILES string of the molecule is CCn1cc(N)c(C(=O)N2CCC(C(=O)OC)C2)n1. The standard InChI is InChI=1S/C12H18N4O3/c1-3-16-7-9(13)10(14-16)11(17)15-5-4-8(6-15)12(18)19-2/h7-8H,3-6,13H2,1-2H3. The molecule has 0 saturated carbocycles. The van der Waals surface area contributed by atoms with Gasteiger partial charge < -0.3 is 15.4 Å². The lowest BCUT2D eigenvalue weighted by atomic mass is 10.1. The lowest BCUT2D eigenvalue weighted by Crippen LogP contribution is -2.31. The van der Waals surface area contributed by atoms with E-state index in [0.29, 0.717) is 31.7 Å². The summed E-state index contributed by atoms with van der Waals surface area (Å²) in [4.78, 5) is 25.3. The van der Waals surface area contributed by atoms with Crippen LogP contribution < -0.4 is 5.73 Å². The zero-order valence-electron chi connectivity index (χ0n) is 11.1. The van der Waals surface area contributed by atoms with Crippen molar-refractivity contribution in [1.29, 1.82) is 0 Å². The van der Waals surface area contributed by atoms with E-state index >= 15 is 0 Å². The van der Waals surface area contributed by atoms with Gasteiger partial charge in [0.1, 0.15) is 0 Å². The first-order chi connectivity index (χ1) is 9.06. The minimum absolute atomic E-state index is 0.226. The fraction of sp³-hybridized carbons (Fsp3) is 0.583. The van der Waals surface area contributed by atoms with E-state index in [-0.39, 0.29) is 23.5 Å². The van der Waals surface area contributed by atoms with Gasteiger partial charge in [0.05, 0.1) is 18.7 Å². The Hall–Kier alpha value is -2.05. The monoisotopic (exact) mass is 266 g/mol. The van der Waals surface area contributed by atoms with E-state index in [1.54, 1.807) is 15.8 Å². The average Bonchev–Trinajstić information content (AvgIpc) is 3.03. The summed E-state index contributed by atoms with van der Waals surface area (Å²) in [5.74, 6) is -0.748. The zero-order valence-corrected chi connectivity index (χ0v) is 11.1. The molecule has 7 heteroatoms. The van der Waals surface area contributed by atoms with E-state index in [1.807, 2.05) is 6.92 Å². The number of hydrogen-bond donors (Lipinski definition) is 1. The number of likely N-dealkylation sites (tertiary alicyclic amines) is 1. The Morgan fingerprint density at radius 1 is 1.58 bits per heavy atom. The van der Waals surface area contributed by atoms with E-state index in [0.717, 1.165) is 0 Å². The van der Waals surface area contributed by atoms with Crippen molar-refractivity contribution in [1.82, 2.24) is 14.7 Å². The van der Waals surface area contributed by atoms with Gasteiger partial charge in [-0.2, -0.15) is 5.10 Å². The smallest absolute Gasteiger partial charge is 0.310 e. The van der Waals surface area contributed by atoms with E-state index < -0.39 is 0 Å². The summed E-state index contributed by atoms with van der Waals surface area (Å²) >= 11 is 0. The van der Waals surface area contributed by atoms with Crippen LogP contribution in [0, 0.1) is 5.92 Å². The molecule has 1 saturated heterocycles. The lowest BCUT2D eigenvalue weighted by Gasteiger charge is -2.14. The largest absolute Gasteiger partial charge is 0.469 e. The molecule has 2 heterocycles. The topological polar surface area (TPSA) is 90.5 Å². The summed E-state index contributed by atoms with van der Waals surface area (Å²) in [5.41, 5.74) is 6.41. The Morgan fingerprint density at radius 2 is 2.32 bits per heavy atom. The Balaban J connectivity index is 2.08. The number of ether oxygens (including phenoxy) is 1. The highest BCUT2D eigenvalue weighted by atomic mass is 16.5. The zero-order chi connectivity index (χ0) is 14.0. The second-order valence-electron chi connectivity index (χ2n) is 4.55. The molecule has 1 atom stereocenters. The summed E-state index contributed by atoms with van der Waals surface area (Å²) in [7, 11) is 1.35. The van der Waals surface area contributed by atoms with Gasteiger partial charge in [0.2, 0.25) is 0 Å². The number of nitrogen functional groups attached to an aromatic ring is 1. The second kappa shape index (κ2) is 5.29. The van der Waals surface area contributed by atoms with Gasteiger partial charge in [-0.3, -0.25) is 14.3 Å². The van der Waals surface area contributed by atoms with Crippen LogP contribution in [0.2, 0.25) is 0 Å². The molecular formula is C12H18N4O3. The third kappa shape index (κ3) is 2.54. The number of hydrogen-bond acceptors (Lipinski definition) is 5. The number of aryl methyl sites for hydroxylation is 1. The average molecular weight is 266 g/mol. The van der Waals surface area contributed by atoms with Crippen molar-refractivity contribution in [2.75, 3.05) is 25.9 Å². The first kappa shape index (κ1) is 13.4. The molecule has 2 N–H and O–H groups in total. The Kier molecular flexibility index (Phi) is 3.73. The highest BCUT2D eigenvalue weighted by Crippen LogP contribution is 2.21. The number of anilines is 1. The minimum Gasteiger partial charge on any atom is -0.469 e. The van der Waals surface area contributed by atoms with Crippen molar-refractivity contribution in [3.63, 3.8) is 0 Å². The van der Waals surface area contributed by atoms with Crippen molar-refractivity contribution >= 4 is 17.6 Å². The van der Waals surface area contributed by atoms with Crippen molar-refractivity contribution < 1.29 is 14.3 Å². The van der Waals surface area contributed by atoms with Crippen LogP contribution in [0.25, 0.3) is 0 Å². The van der Waals surface area contributed by atoms with E-state index in [4.69, 9.17) is 10.5 Å². The van der Waals surface area contributed by atoms with Gasteiger partial charge in [0.25, 0.3) is 5.91 Å². The van der Waals surface area contributed by atoms with Gasteiger partial charge in [-0.15, -0.1) is 0 Å². The van der Waals surface area contributed by atoms with Gasteiger partial charge in [0, 0.05) is 25.8 Å². The molecule has 104 valence electrons. The minimum atomic E-state index is -0.276. The summed E-state index contributed by atoms with van der Waals surface area (Å²) in [6.07, 6.45) is 2.26. The third-order valence-electron chi connectivity index (χ3n) is 3.33. The van der Waals surface area contributed by atoms with E-state index in [1.165, 1.54) is 7.11 Å². The highest BCUT2D eigenvalue weighted by Gasteiger charge is 2.33. The highest BCUT2D eigenvalue weighted by molar-refractivity contribution is 5.97. The quantitative estimate of drug-likeness (QED) is 0.785. The maximum absolute atomic E-state index is 12.3. The maximum atomic E-state index is 12.3. The molecule has 0 aromatic carbocycles. The summed E-state index contributed by atoms with van der Waals surface area (Å²) in [6.45, 7) is 3.47. The van der Waals surface area contributed by atoms with Gasteiger partial charge >= 0.3 is 5.97 Å². The summed E-state index contributed by atoms with van der Waals surface area (Å²) in [5, 5.41) is 4.15. The van der Waals surface area contributed by atoms with Crippen molar-refractivity contribution in [2.24, 2.45) is 5.92 Å². The molecule has 1 aliphatic rings. The Morgan fingerprint density at radius 3 is 2.89 bits per heavy atom.